The topological polar surface area (TPSA) is 38.8 Å². The average molecular weight is 438 g/mol. The number of benzene rings is 2. The van der Waals surface area contributed by atoms with Gasteiger partial charge < -0.3 is 9.47 Å². The lowest BCUT2D eigenvalue weighted by atomic mass is 10.1. The zero-order valence-electron chi connectivity index (χ0n) is 16.6. The zero-order valence-corrected chi connectivity index (χ0v) is 18.2. The second-order valence-electron chi connectivity index (χ2n) is 6.45. The van der Waals surface area contributed by atoms with Crippen LogP contribution in [-0.2, 0) is 11.2 Å². The molecule has 1 saturated heterocycles. The third-order valence-electron chi connectivity index (χ3n) is 4.31. The molecule has 1 fully saturated rings. The van der Waals surface area contributed by atoms with Crippen molar-refractivity contribution in [3.63, 3.8) is 0 Å². The third kappa shape index (κ3) is 5.62. The zero-order chi connectivity index (χ0) is 21.3. The molecule has 1 aliphatic heterocycles. The van der Waals surface area contributed by atoms with Gasteiger partial charge in [0.1, 0.15) is 29.0 Å². The van der Waals surface area contributed by atoms with Crippen molar-refractivity contribution in [3.8, 4) is 11.5 Å². The number of allylic oxidation sites excluding steroid dienone is 1. The molecule has 0 unspecified atom stereocenters. The van der Waals surface area contributed by atoms with E-state index in [1.165, 1.54) is 11.8 Å². The van der Waals surface area contributed by atoms with Crippen LogP contribution < -0.4 is 9.47 Å². The molecule has 4 nitrogen and oxygen atoms in total. The summed E-state index contributed by atoms with van der Waals surface area (Å²) in [5.74, 6) is 1.51. The van der Waals surface area contributed by atoms with Gasteiger partial charge in [0.2, 0.25) is 0 Å². The van der Waals surface area contributed by atoms with Crippen molar-refractivity contribution < 1.29 is 14.3 Å². The van der Waals surface area contributed by atoms with Gasteiger partial charge in [-0.1, -0.05) is 66.5 Å². The molecule has 30 heavy (non-hydrogen) atoms. The number of ether oxygens (including phenoxy) is 2. The summed E-state index contributed by atoms with van der Waals surface area (Å²) in [6, 6.07) is 15.5. The summed E-state index contributed by atoms with van der Waals surface area (Å²) in [4.78, 5) is 14.5. The predicted molar refractivity (Wildman–Crippen MR) is 128 cm³/mol. The van der Waals surface area contributed by atoms with Gasteiger partial charge >= 0.3 is 0 Å². The maximum atomic E-state index is 12.4. The van der Waals surface area contributed by atoms with E-state index in [0.717, 1.165) is 29.0 Å². The van der Waals surface area contributed by atoms with Crippen molar-refractivity contribution in [3.05, 3.63) is 89.9 Å². The number of hydrogen-bond donors (Lipinski definition) is 0. The maximum absolute atomic E-state index is 12.4. The van der Waals surface area contributed by atoms with Crippen molar-refractivity contribution in [1.29, 1.82) is 0 Å². The Kier molecular flexibility index (Phi) is 7.88. The molecule has 0 aromatic heterocycles. The van der Waals surface area contributed by atoms with E-state index in [4.69, 9.17) is 21.7 Å². The highest BCUT2D eigenvalue weighted by atomic mass is 32.2. The van der Waals surface area contributed by atoms with E-state index in [0.29, 0.717) is 29.0 Å². The molecule has 0 saturated carbocycles. The SMILES string of the molecule is C=CCc1ccccc1OCCOc1ccc(C=C2SC(=S)N(CC=C)C2=O)cc1. The number of nitrogens with zero attached hydrogens (tertiary/aromatic N) is 1. The first-order chi connectivity index (χ1) is 14.6. The first-order valence-electron chi connectivity index (χ1n) is 9.53. The molecular weight excluding hydrogens is 414 g/mol. The average Bonchev–Trinajstić information content (AvgIpc) is 3.01. The maximum Gasteiger partial charge on any atom is 0.266 e. The van der Waals surface area contributed by atoms with Gasteiger partial charge in [0, 0.05) is 6.54 Å². The van der Waals surface area contributed by atoms with Crippen molar-refractivity contribution in [2.45, 2.75) is 6.42 Å². The van der Waals surface area contributed by atoms with Crippen LogP contribution in [0.4, 0.5) is 0 Å². The number of amides is 1. The Morgan fingerprint density at radius 1 is 1.00 bits per heavy atom. The minimum absolute atomic E-state index is 0.0842. The molecule has 154 valence electrons. The lowest BCUT2D eigenvalue weighted by molar-refractivity contribution is -0.121. The van der Waals surface area contributed by atoms with E-state index >= 15 is 0 Å². The largest absolute Gasteiger partial charge is 0.490 e. The minimum atomic E-state index is -0.0842. The third-order valence-corrected chi connectivity index (χ3v) is 5.69. The molecule has 6 heteroatoms. The highest BCUT2D eigenvalue weighted by molar-refractivity contribution is 8.26. The van der Waals surface area contributed by atoms with Crippen molar-refractivity contribution in [2.75, 3.05) is 19.8 Å². The molecule has 2 aromatic carbocycles. The number of hydrogen-bond acceptors (Lipinski definition) is 5. The second kappa shape index (κ2) is 10.8. The molecule has 0 radical (unpaired) electrons. The highest BCUT2D eigenvalue weighted by Crippen LogP contribution is 2.32. The van der Waals surface area contributed by atoms with E-state index in [9.17, 15) is 4.79 Å². The number of thiocarbonyl (C=S) groups is 1. The minimum Gasteiger partial charge on any atom is -0.490 e. The van der Waals surface area contributed by atoms with Crippen LogP contribution in [0.15, 0.2) is 78.7 Å². The normalized spacial score (nSPS) is 14.8. The van der Waals surface area contributed by atoms with Gasteiger partial charge in [0.05, 0.1) is 4.91 Å². The Balaban J connectivity index is 1.52. The fourth-order valence-corrected chi connectivity index (χ4v) is 4.15. The molecule has 0 N–H and O–H groups in total. The van der Waals surface area contributed by atoms with Gasteiger partial charge in [0.25, 0.3) is 5.91 Å². The van der Waals surface area contributed by atoms with Crippen LogP contribution in [0.3, 0.4) is 0 Å². The summed E-state index contributed by atoms with van der Waals surface area (Å²) < 4.78 is 12.1. The van der Waals surface area contributed by atoms with Crippen LogP contribution in [0, 0.1) is 0 Å². The van der Waals surface area contributed by atoms with Gasteiger partial charge in [0.15, 0.2) is 0 Å². The van der Waals surface area contributed by atoms with Crippen LogP contribution in [0.1, 0.15) is 11.1 Å². The fourth-order valence-electron chi connectivity index (χ4n) is 2.88. The van der Waals surface area contributed by atoms with Crippen LogP contribution in [0.2, 0.25) is 0 Å². The summed E-state index contributed by atoms with van der Waals surface area (Å²) in [5, 5.41) is 0. The van der Waals surface area contributed by atoms with E-state index in [-0.39, 0.29) is 5.91 Å². The van der Waals surface area contributed by atoms with Crippen LogP contribution >= 0.6 is 24.0 Å². The fraction of sp³-hybridized carbons (Fsp3) is 0.167. The molecule has 1 amide bonds. The van der Waals surface area contributed by atoms with Gasteiger partial charge in [-0.05, 0) is 41.8 Å². The Hall–Kier alpha value is -2.83. The van der Waals surface area contributed by atoms with Gasteiger partial charge in [-0.25, -0.2) is 0 Å². The molecule has 0 aliphatic carbocycles. The number of thioether (sulfide) groups is 1. The Labute approximate surface area is 186 Å². The summed E-state index contributed by atoms with van der Waals surface area (Å²) in [6.07, 6.45) is 6.13. The van der Waals surface area contributed by atoms with Crippen LogP contribution in [0.25, 0.3) is 6.08 Å². The molecule has 0 atom stereocenters. The summed E-state index contributed by atoms with van der Waals surface area (Å²) >= 11 is 6.56. The Bertz CT molecular complexity index is 967. The molecule has 3 rings (SSSR count). The quantitative estimate of drug-likeness (QED) is 0.219. The van der Waals surface area contributed by atoms with Crippen molar-refractivity contribution in [2.24, 2.45) is 0 Å². The van der Waals surface area contributed by atoms with Crippen LogP contribution in [0.5, 0.6) is 11.5 Å². The first kappa shape index (κ1) is 21.9. The number of rotatable bonds is 10. The Morgan fingerprint density at radius 2 is 1.73 bits per heavy atom. The summed E-state index contributed by atoms with van der Waals surface area (Å²) in [7, 11) is 0. The van der Waals surface area contributed by atoms with E-state index < -0.39 is 0 Å². The molecular formula is C24H23NO3S2. The molecule has 2 aromatic rings. The summed E-state index contributed by atoms with van der Waals surface area (Å²) in [6.45, 7) is 8.74. The van der Waals surface area contributed by atoms with E-state index in [1.54, 1.807) is 11.0 Å². The van der Waals surface area contributed by atoms with Gasteiger partial charge in [-0.3, -0.25) is 9.69 Å². The first-order valence-corrected chi connectivity index (χ1v) is 10.8. The number of carbonyl (C=O) groups is 1. The van der Waals surface area contributed by atoms with E-state index in [1.807, 2.05) is 60.7 Å². The number of carbonyl (C=O) groups excluding carboxylic acids is 1. The summed E-state index contributed by atoms with van der Waals surface area (Å²) in [5.41, 5.74) is 2.02. The van der Waals surface area contributed by atoms with E-state index in [2.05, 4.69) is 13.2 Å². The van der Waals surface area contributed by atoms with Gasteiger partial charge in [-0.15, -0.1) is 13.2 Å². The van der Waals surface area contributed by atoms with Gasteiger partial charge in [-0.2, -0.15) is 0 Å². The molecule has 0 spiro atoms. The molecule has 0 bridgehead atoms. The standard InChI is InChI=1S/C24H23NO3S2/c1-3-7-19-8-5-6-9-21(19)28-16-15-27-20-12-10-18(11-13-20)17-22-23(26)25(14-4-2)24(29)30-22/h3-6,8-13,17H,1-2,7,14-16H2. The lowest BCUT2D eigenvalue weighted by Crippen LogP contribution is -2.27. The number of para-hydroxylation sites is 1. The predicted octanol–water partition coefficient (Wildman–Crippen LogP) is 5.26. The lowest BCUT2D eigenvalue weighted by Gasteiger charge is -2.11. The Morgan fingerprint density at radius 3 is 2.47 bits per heavy atom. The van der Waals surface area contributed by atoms with Crippen LogP contribution in [-0.4, -0.2) is 34.9 Å². The van der Waals surface area contributed by atoms with Crippen molar-refractivity contribution in [1.82, 2.24) is 4.90 Å². The second-order valence-corrected chi connectivity index (χ2v) is 8.12. The smallest absolute Gasteiger partial charge is 0.266 e. The van der Waals surface area contributed by atoms with Crippen molar-refractivity contribution >= 4 is 40.3 Å². The molecule has 1 heterocycles. The molecule has 1 aliphatic rings. The highest BCUT2D eigenvalue weighted by Gasteiger charge is 2.30. The monoisotopic (exact) mass is 437 g/mol.